The molecule has 1 aromatic carbocycles. The van der Waals surface area contributed by atoms with E-state index in [4.69, 9.17) is 9.15 Å². The second-order valence-corrected chi connectivity index (χ2v) is 7.43. The number of esters is 1. The van der Waals surface area contributed by atoms with Crippen LogP contribution in [0.4, 0.5) is 5.82 Å². The molecule has 3 aromatic heterocycles. The molecule has 0 aliphatic rings. The van der Waals surface area contributed by atoms with Gasteiger partial charge in [-0.3, -0.25) is 9.59 Å². The van der Waals surface area contributed by atoms with Crippen LogP contribution in [0.5, 0.6) is 0 Å². The lowest BCUT2D eigenvalue weighted by molar-refractivity contribution is -0.146. The number of nitrogens with zero attached hydrogens (tertiary/aromatic N) is 5. The maximum Gasteiger partial charge on any atom is 0.312 e. The third-order valence-electron chi connectivity index (χ3n) is 4.52. The molecular weight excluding hydrogens is 424 g/mol. The van der Waals surface area contributed by atoms with Crippen LogP contribution in [0.25, 0.3) is 17.4 Å². The maximum absolute atomic E-state index is 12.4. The Morgan fingerprint density at radius 2 is 1.73 bits per heavy atom. The van der Waals surface area contributed by atoms with Crippen molar-refractivity contribution in [3.63, 3.8) is 0 Å². The fourth-order valence-electron chi connectivity index (χ4n) is 3.17. The molecule has 0 spiro atoms. The Morgan fingerprint density at radius 1 is 1.00 bits per heavy atom. The molecule has 0 aliphatic heterocycles. The minimum absolute atomic E-state index is 0.114. The lowest BCUT2D eigenvalue weighted by atomic mass is 10.2. The van der Waals surface area contributed by atoms with E-state index in [-0.39, 0.29) is 6.42 Å². The molecule has 4 aromatic rings. The molecule has 0 saturated carbocycles. The van der Waals surface area contributed by atoms with Gasteiger partial charge in [-0.2, -0.15) is 9.78 Å². The van der Waals surface area contributed by atoms with Gasteiger partial charge in [-0.25, -0.2) is 15.0 Å². The van der Waals surface area contributed by atoms with Crippen molar-refractivity contribution in [2.24, 2.45) is 0 Å². The molecule has 0 fully saturated rings. The van der Waals surface area contributed by atoms with E-state index in [0.717, 1.165) is 17.0 Å². The topological polar surface area (TPSA) is 125 Å². The number of anilines is 1. The number of hydrogen-bond donors (Lipinski definition) is 1. The van der Waals surface area contributed by atoms with Gasteiger partial charge in [0.15, 0.2) is 6.61 Å². The number of nitrogens with one attached hydrogen (secondary N) is 1. The van der Waals surface area contributed by atoms with Crippen LogP contribution in [0.1, 0.15) is 22.8 Å². The van der Waals surface area contributed by atoms with Crippen molar-refractivity contribution in [1.82, 2.24) is 24.7 Å². The summed E-state index contributed by atoms with van der Waals surface area (Å²) in [6, 6.07) is 12.9. The van der Waals surface area contributed by atoms with Crippen LogP contribution in [0.15, 0.2) is 53.1 Å². The molecule has 1 amide bonds. The molecule has 0 atom stereocenters. The van der Waals surface area contributed by atoms with Crippen molar-refractivity contribution in [3.05, 3.63) is 71.5 Å². The number of oxazole rings is 1. The number of carbonyl (C=O) groups excluding carboxylic acids is 2. The van der Waals surface area contributed by atoms with E-state index in [9.17, 15) is 9.59 Å². The molecule has 0 aliphatic carbocycles. The number of aromatic nitrogens is 5. The van der Waals surface area contributed by atoms with Gasteiger partial charge in [-0.15, -0.1) is 0 Å². The van der Waals surface area contributed by atoms with E-state index in [1.807, 2.05) is 50.2 Å². The Bertz CT molecular complexity index is 1280. The highest BCUT2D eigenvalue weighted by Crippen LogP contribution is 2.18. The normalized spacial score (nSPS) is 10.8. The fourth-order valence-corrected chi connectivity index (χ4v) is 3.17. The molecule has 10 heteroatoms. The Morgan fingerprint density at radius 3 is 2.45 bits per heavy atom. The first kappa shape index (κ1) is 21.9. The summed E-state index contributed by atoms with van der Waals surface area (Å²) < 4.78 is 11.9. The lowest BCUT2D eigenvalue weighted by Gasteiger charge is -2.09. The minimum atomic E-state index is -0.597. The van der Waals surface area contributed by atoms with E-state index in [1.165, 1.54) is 10.9 Å². The number of carbonyl (C=O) groups is 2. The Balaban J connectivity index is 1.35. The van der Waals surface area contributed by atoms with E-state index < -0.39 is 18.5 Å². The first-order valence-corrected chi connectivity index (χ1v) is 10.2. The van der Waals surface area contributed by atoms with E-state index in [0.29, 0.717) is 29.0 Å². The summed E-state index contributed by atoms with van der Waals surface area (Å²) in [7, 11) is 0. The highest BCUT2D eigenvalue weighted by Gasteiger charge is 2.16. The zero-order chi connectivity index (χ0) is 23.4. The Kier molecular flexibility index (Phi) is 6.25. The van der Waals surface area contributed by atoms with Crippen molar-refractivity contribution >= 4 is 17.7 Å². The summed E-state index contributed by atoms with van der Waals surface area (Å²) in [5.74, 6) is 0.0171. The average Bonchev–Trinajstić information content (AvgIpc) is 3.38. The van der Waals surface area contributed by atoms with Crippen molar-refractivity contribution in [3.8, 4) is 17.4 Å². The average molecular weight is 446 g/mol. The smallest absolute Gasteiger partial charge is 0.312 e. The monoisotopic (exact) mass is 446 g/mol. The van der Waals surface area contributed by atoms with Gasteiger partial charge in [0, 0.05) is 23.0 Å². The molecular formula is C23H22N6O4. The Labute approximate surface area is 189 Å². The standard InChI is InChI=1S/C23H22N6O4/c1-14-9-15(2)25-23(24-14)29-19(10-16(3)28-29)27-20(30)13-32-21(31)11-18-12-33-22(26-18)17-7-5-4-6-8-17/h4-10,12H,11,13H2,1-3H3,(H,27,30). The van der Waals surface area contributed by atoms with Crippen LogP contribution >= 0.6 is 0 Å². The largest absolute Gasteiger partial charge is 0.455 e. The molecule has 168 valence electrons. The summed E-state index contributed by atoms with van der Waals surface area (Å²) in [5, 5.41) is 7.03. The second-order valence-electron chi connectivity index (χ2n) is 7.43. The van der Waals surface area contributed by atoms with E-state index in [2.05, 4.69) is 25.4 Å². The first-order chi connectivity index (χ1) is 15.9. The highest BCUT2D eigenvalue weighted by molar-refractivity contribution is 5.92. The van der Waals surface area contributed by atoms with Gasteiger partial charge in [0.25, 0.3) is 11.9 Å². The predicted molar refractivity (Wildman–Crippen MR) is 119 cm³/mol. The molecule has 3 heterocycles. The van der Waals surface area contributed by atoms with Gasteiger partial charge in [0.1, 0.15) is 12.1 Å². The molecule has 0 saturated heterocycles. The molecule has 1 N–H and O–H groups in total. The molecule has 0 unspecified atom stereocenters. The number of rotatable bonds is 7. The van der Waals surface area contributed by atoms with Crippen LogP contribution in [0.2, 0.25) is 0 Å². The van der Waals surface area contributed by atoms with Crippen molar-refractivity contribution in [2.75, 3.05) is 11.9 Å². The van der Waals surface area contributed by atoms with E-state index in [1.54, 1.807) is 13.0 Å². The van der Waals surface area contributed by atoms with Crippen molar-refractivity contribution in [1.29, 1.82) is 0 Å². The summed E-state index contributed by atoms with van der Waals surface area (Å²) >= 11 is 0. The number of aryl methyl sites for hydroxylation is 3. The second kappa shape index (κ2) is 9.43. The lowest BCUT2D eigenvalue weighted by Crippen LogP contribution is -2.23. The molecule has 0 bridgehead atoms. The van der Waals surface area contributed by atoms with Gasteiger partial charge in [-0.1, -0.05) is 18.2 Å². The summed E-state index contributed by atoms with van der Waals surface area (Å²) in [5.41, 5.74) is 3.45. The van der Waals surface area contributed by atoms with Crippen LogP contribution in [0.3, 0.4) is 0 Å². The first-order valence-electron chi connectivity index (χ1n) is 10.2. The zero-order valence-electron chi connectivity index (χ0n) is 18.4. The fraction of sp³-hybridized carbons (Fsp3) is 0.217. The van der Waals surface area contributed by atoms with Crippen LogP contribution < -0.4 is 5.32 Å². The Hall–Kier alpha value is -4.34. The third-order valence-corrected chi connectivity index (χ3v) is 4.52. The van der Waals surface area contributed by atoms with E-state index >= 15 is 0 Å². The SMILES string of the molecule is Cc1cc(C)nc(-n2nc(C)cc2NC(=O)COC(=O)Cc2coc(-c3ccccc3)n2)n1. The quantitative estimate of drug-likeness (QED) is 0.430. The highest BCUT2D eigenvalue weighted by atomic mass is 16.5. The van der Waals surface area contributed by atoms with Gasteiger partial charge in [0.2, 0.25) is 5.89 Å². The van der Waals surface area contributed by atoms with Gasteiger partial charge < -0.3 is 14.5 Å². The number of hydrogen-bond acceptors (Lipinski definition) is 8. The summed E-state index contributed by atoms with van der Waals surface area (Å²) in [6.45, 7) is 5.03. The molecule has 10 nitrogen and oxygen atoms in total. The molecule has 33 heavy (non-hydrogen) atoms. The van der Waals surface area contributed by atoms with Crippen LogP contribution in [0, 0.1) is 20.8 Å². The molecule has 4 rings (SSSR count). The zero-order valence-corrected chi connectivity index (χ0v) is 18.4. The van der Waals surface area contributed by atoms with Crippen molar-refractivity contribution in [2.45, 2.75) is 27.2 Å². The van der Waals surface area contributed by atoms with Crippen LogP contribution in [-0.2, 0) is 20.7 Å². The van der Waals surface area contributed by atoms with Gasteiger partial charge in [0.05, 0.1) is 17.8 Å². The predicted octanol–water partition coefficient (Wildman–Crippen LogP) is 2.97. The number of ether oxygens (including phenoxy) is 1. The number of benzene rings is 1. The van der Waals surface area contributed by atoms with Crippen molar-refractivity contribution < 1.29 is 18.7 Å². The summed E-state index contributed by atoms with van der Waals surface area (Å²) in [4.78, 5) is 37.6. The van der Waals surface area contributed by atoms with Gasteiger partial charge >= 0.3 is 5.97 Å². The van der Waals surface area contributed by atoms with Crippen LogP contribution in [-0.4, -0.2) is 43.2 Å². The minimum Gasteiger partial charge on any atom is -0.455 e. The summed E-state index contributed by atoms with van der Waals surface area (Å²) in [6.07, 6.45) is 1.28. The number of amides is 1. The van der Waals surface area contributed by atoms with Gasteiger partial charge in [-0.05, 0) is 39.0 Å². The maximum atomic E-state index is 12.4. The molecule has 0 radical (unpaired) electrons. The third kappa shape index (κ3) is 5.48.